The molecule has 0 aromatic heterocycles. The molecular weight excluding hydrogens is 378 g/mol. The van der Waals surface area contributed by atoms with Gasteiger partial charge >= 0.3 is 12.0 Å². The van der Waals surface area contributed by atoms with Crippen LogP contribution >= 0.6 is 0 Å². The molecule has 0 spiro atoms. The molecule has 11 heteroatoms. The Morgan fingerprint density at radius 3 is 2.48 bits per heavy atom. The van der Waals surface area contributed by atoms with E-state index < -0.39 is 34.0 Å². The number of nitrogens with zero attached hydrogens (tertiary/aromatic N) is 1. The molecular formula is C16H21N3O7S. The van der Waals surface area contributed by atoms with Crippen LogP contribution in [0.4, 0.5) is 4.79 Å². The summed E-state index contributed by atoms with van der Waals surface area (Å²) in [7, 11) is -3.79. The summed E-state index contributed by atoms with van der Waals surface area (Å²) in [4.78, 5) is 34.6. The molecule has 1 aliphatic heterocycles. The maximum atomic E-state index is 12.7. The molecule has 1 atom stereocenters. The maximum Gasteiger partial charge on any atom is 0.339 e. The third-order valence-electron chi connectivity index (χ3n) is 3.94. The van der Waals surface area contributed by atoms with Gasteiger partial charge in [0.15, 0.2) is 6.10 Å². The van der Waals surface area contributed by atoms with Gasteiger partial charge in [0, 0.05) is 13.1 Å². The number of sulfonamides is 1. The van der Waals surface area contributed by atoms with Crippen molar-refractivity contribution < 1.29 is 32.3 Å². The largest absolute Gasteiger partial charge is 0.449 e. The van der Waals surface area contributed by atoms with Gasteiger partial charge in [0.2, 0.25) is 10.0 Å². The number of esters is 1. The van der Waals surface area contributed by atoms with Crippen molar-refractivity contribution in [2.45, 2.75) is 24.8 Å². The Kier molecular flexibility index (Phi) is 6.52. The summed E-state index contributed by atoms with van der Waals surface area (Å²) in [5.74, 6) is -1.77. The first-order valence-corrected chi connectivity index (χ1v) is 9.56. The highest BCUT2D eigenvalue weighted by Crippen LogP contribution is 2.21. The molecule has 0 radical (unpaired) electrons. The lowest BCUT2D eigenvalue weighted by atomic mass is 10.1. The van der Waals surface area contributed by atoms with Crippen molar-refractivity contribution >= 4 is 27.9 Å². The molecule has 10 nitrogen and oxygen atoms in total. The number of nitrogens with two attached hydrogens (primary N) is 1. The van der Waals surface area contributed by atoms with E-state index >= 15 is 0 Å². The maximum absolute atomic E-state index is 12.7. The molecule has 2 rings (SSSR count). The molecule has 0 unspecified atom stereocenters. The Labute approximate surface area is 156 Å². The van der Waals surface area contributed by atoms with E-state index in [9.17, 15) is 22.8 Å². The molecule has 1 aliphatic rings. The number of carbonyl (C=O) groups is 3. The molecule has 0 bridgehead atoms. The number of imide groups is 1. The minimum Gasteiger partial charge on any atom is -0.449 e. The average Bonchev–Trinajstić information content (AvgIpc) is 2.61. The number of ether oxygens (including phenoxy) is 2. The normalized spacial score (nSPS) is 16.4. The van der Waals surface area contributed by atoms with Crippen molar-refractivity contribution in [2.24, 2.45) is 5.73 Å². The van der Waals surface area contributed by atoms with Gasteiger partial charge in [-0.3, -0.25) is 10.1 Å². The van der Waals surface area contributed by atoms with E-state index in [1.54, 1.807) is 12.2 Å². The minimum absolute atomic E-state index is 0.00283. The molecule has 0 saturated carbocycles. The van der Waals surface area contributed by atoms with Gasteiger partial charge in [-0.05, 0) is 31.5 Å². The zero-order valence-corrected chi connectivity index (χ0v) is 15.7. The van der Waals surface area contributed by atoms with Gasteiger partial charge in [0.05, 0.1) is 23.7 Å². The van der Waals surface area contributed by atoms with Crippen molar-refractivity contribution in [2.75, 3.05) is 26.3 Å². The van der Waals surface area contributed by atoms with Gasteiger partial charge in [0.25, 0.3) is 5.91 Å². The lowest BCUT2D eigenvalue weighted by molar-refractivity contribution is -0.127. The standard InChI is InChI=1S/C16H21N3O7S/c1-10-3-4-12(27(23,24)19-5-7-25-8-6-19)9-13(10)15(21)26-11(2)14(20)18-16(17)22/h3-4,9,11H,5-8H2,1-2H3,(H3,17,18,20,22)/t11-/m0/s1. The Morgan fingerprint density at radius 2 is 1.89 bits per heavy atom. The van der Waals surface area contributed by atoms with Crippen molar-refractivity contribution in [3.05, 3.63) is 29.3 Å². The average molecular weight is 399 g/mol. The molecule has 3 N–H and O–H groups in total. The fraction of sp³-hybridized carbons (Fsp3) is 0.438. The number of rotatable bonds is 5. The highest BCUT2D eigenvalue weighted by Gasteiger charge is 2.28. The van der Waals surface area contributed by atoms with Gasteiger partial charge in [-0.25, -0.2) is 18.0 Å². The predicted octanol–water partition coefficient (Wildman–Crippen LogP) is -0.244. The fourth-order valence-corrected chi connectivity index (χ4v) is 3.85. The molecule has 1 aromatic rings. The van der Waals surface area contributed by atoms with Crippen LogP contribution in [0, 0.1) is 6.92 Å². The zero-order valence-electron chi connectivity index (χ0n) is 14.9. The Hall–Kier alpha value is -2.50. The number of aryl methyl sites for hydroxylation is 1. The number of primary amides is 1. The lowest BCUT2D eigenvalue weighted by Gasteiger charge is -2.26. The predicted molar refractivity (Wildman–Crippen MR) is 93.4 cm³/mol. The van der Waals surface area contributed by atoms with E-state index in [4.69, 9.17) is 15.2 Å². The minimum atomic E-state index is -3.79. The summed E-state index contributed by atoms with van der Waals surface area (Å²) in [5, 5.41) is 1.80. The second kappa shape index (κ2) is 8.46. The summed E-state index contributed by atoms with van der Waals surface area (Å²) in [6.07, 6.45) is -1.29. The Bertz CT molecular complexity index is 848. The summed E-state index contributed by atoms with van der Waals surface area (Å²) in [5.41, 5.74) is 5.32. The number of urea groups is 1. The lowest BCUT2D eigenvalue weighted by Crippen LogP contribution is -2.42. The molecule has 1 saturated heterocycles. The van der Waals surface area contributed by atoms with Gasteiger partial charge in [-0.15, -0.1) is 0 Å². The first kappa shape index (κ1) is 20.8. The number of nitrogens with one attached hydrogen (secondary N) is 1. The third-order valence-corrected chi connectivity index (χ3v) is 5.83. The van der Waals surface area contributed by atoms with Crippen LogP contribution in [0.25, 0.3) is 0 Å². The Morgan fingerprint density at radius 1 is 1.26 bits per heavy atom. The van der Waals surface area contributed by atoms with Crippen LogP contribution in [-0.2, 0) is 24.3 Å². The first-order chi connectivity index (χ1) is 12.6. The number of benzene rings is 1. The van der Waals surface area contributed by atoms with Crippen LogP contribution < -0.4 is 11.1 Å². The highest BCUT2D eigenvalue weighted by molar-refractivity contribution is 7.89. The number of hydrogen-bond donors (Lipinski definition) is 2. The third kappa shape index (κ3) is 5.02. The monoisotopic (exact) mass is 399 g/mol. The second-order valence-corrected chi connectivity index (χ2v) is 7.83. The van der Waals surface area contributed by atoms with E-state index in [-0.39, 0.29) is 23.5 Å². The SMILES string of the molecule is Cc1ccc(S(=O)(=O)N2CCOCC2)cc1C(=O)O[C@@H](C)C(=O)NC(N)=O. The molecule has 27 heavy (non-hydrogen) atoms. The van der Waals surface area contributed by atoms with Gasteiger partial charge < -0.3 is 15.2 Å². The van der Waals surface area contributed by atoms with E-state index in [2.05, 4.69) is 0 Å². The zero-order chi connectivity index (χ0) is 20.2. The van der Waals surface area contributed by atoms with E-state index in [0.29, 0.717) is 18.8 Å². The summed E-state index contributed by atoms with van der Waals surface area (Å²) < 4.78 is 36.9. The number of amides is 3. The smallest absolute Gasteiger partial charge is 0.339 e. The van der Waals surface area contributed by atoms with Crippen LogP contribution in [0.3, 0.4) is 0 Å². The van der Waals surface area contributed by atoms with Gasteiger partial charge in [-0.2, -0.15) is 4.31 Å². The molecule has 1 fully saturated rings. The number of hydrogen-bond acceptors (Lipinski definition) is 7. The van der Waals surface area contributed by atoms with Crippen LogP contribution in [0.2, 0.25) is 0 Å². The number of carbonyl (C=O) groups excluding carboxylic acids is 3. The summed E-state index contributed by atoms with van der Waals surface area (Å²) in [6.45, 7) is 3.91. The quantitative estimate of drug-likeness (QED) is 0.650. The Balaban J connectivity index is 2.22. The van der Waals surface area contributed by atoms with Crippen molar-refractivity contribution in [3.63, 3.8) is 0 Å². The van der Waals surface area contributed by atoms with Crippen LogP contribution in [-0.4, -0.2) is 63.0 Å². The van der Waals surface area contributed by atoms with Crippen LogP contribution in [0.15, 0.2) is 23.1 Å². The molecule has 1 aromatic carbocycles. The van der Waals surface area contributed by atoms with Crippen molar-refractivity contribution in [1.82, 2.24) is 9.62 Å². The van der Waals surface area contributed by atoms with Crippen LogP contribution in [0.5, 0.6) is 0 Å². The first-order valence-electron chi connectivity index (χ1n) is 8.12. The van der Waals surface area contributed by atoms with Crippen LogP contribution in [0.1, 0.15) is 22.8 Å². The molecule has 148 valence electrons. The van der Waals surface area contributed by atoms with Gasteiger partial charge in [-0.1, -0.05) is 6.07 Å². The molecule has 0 aliphatic carbocycles. The van der Waals surface area contributed by atoms with Crippen molar-refractivity contribution in [3.8, 4) is 0 Å². The summed E-state index contributed by atoms with van der Waals surface area (Å²) in [6, 6.07) is 3.03. The van der Waals surface area contributed by atoms with E-state index in [1.165, 1.54) is 29.4 Å². The van der Waals surface area contributed by atoms with Gasteiger partial charge in [0.1, 0.15) is 0 Å². The molecule has 1 heterocycles. The highest BCUT2D eigenvalue weighted by atomic mass is 32.2. The summed E-state index contributed by atoms with van der Waals surface area (Å²) >= 11 is 0. The number of morpholine rings is 1. The molecule has 3 amide bonds. The fourth-order valence-electron chi connectivity index (χ4n) is 2.42. The van der Waals surface area contributed by atoms with Crippen molar-refractivity contribution in [1.29, 1.82) is 0 Å². The van der Waals surface area contributed by atoms with E-state index in [0.717, 1.165) is 0 Å². The second-order valence-electron chi connectivity index (χ2n) is 5.89. The topological polar surface area (TPSA) is 145 Å². The van der Waals surface area contributed by atoms with E-state index in [1.807, 2.05) is 0 Å².